The predicted molar refractivity (Wildman–Crippen MR) is 70.7 cm³/mol. The Kier molecular flexibility index (Phi) is 3.91. The maximum atomic E-state index is 12.6. The summed E-state index contributed by atoms with van der Waals surface area (Å²) in [5.41, 5.74) is -0.456. The quantitative estimate of drug-likeness (QED) is 0.841. The standard InChI is InChI=1S/C15H18F3NO/c1-10-8-11(15(16,17)18)4-5-12(10)13(20)14(2)6-3-7-19-9-14/h4-5,8,19H,3,6-7,9H2,1-2H3. The van der Waals surface area contributed by atoms with Crippen molar-refractivity contribution in [3.05, 3.63) is 34.9 Å². The summed E-state index contributed by atoms with van der Waals surface area (Å²) in [6, 6.07) is 3.34. The molecule has 1 aliphatic rings. The molecule has 0 bridgehead atoms. The molecule has 0 aliphatic carbocycles. The number of alkyl halides is 3. The fourth-order valence-electron chi connectivity index (χ4n) is 2.67. The van der Waals surface area contributed by atoms with E-state index in [9.17, 15) is 18.0 Å². The first kappa shape index (κ1) is 15.0. The first-order valence-electron chi connectivity index (χ1n) is 6.67. The van der Waals surface area contributed by atoms with Crippen LogP contribution in [0, 0.1) is 12.3 Å². The lowest BCUT2D eigenvalue weighted by Crippen LogP contribution is -2.43. The summed E-state index contributed by atoms with van der Waals surface area (Å²) in [6.45, 7) is 4.89. The van der Waals surface area contributed by atoms with Gasteiger partial charge in [0.2, 0.25) is 0 Å². The number of aryl methyl sites for hydroxylation is 1. The van der Waals surface area contributed by atoms with Gasteiger partial charge in [0, 0.05) is 17.5 Å². The van der Waals surface area contributed by atoms with Gasteiger partial charge in [-0.25, -0.2) is 0 Å². The molecule has 1 unspecified atom stereocenters. The van der Waals surface area contributed by atoms with Gasteiger partial charge >= 0.3 is 6.18 Å². The maximum Gasteiger partial charge on any atom is 0.416 e. The number of Topliss-reactive ketones (excluding diaryl/α,β-unsaturated/α-hetero) is 1. The molecule has 0 saturated carbocycles. The number of carbonyl (C=O) groups is 1. The van der Waals surface area contributed by atoms with Crippen LogP contribution in [-0.2, 0) is 6.18 Å². The van der Waals surface area contributed by atoms with Crippen LogP contribution in [-0.4, -0.2) is 18.9 Å². The molecular weight excluding hydrogens is 267 g/mol. The van der Waals surface area contributed by atoms with E-state index < -0.39 is 17.2 Å². The van der Waals surface area contributed by atoms with Gasteiger partial charge in [0.15, 0.2) is 5.78 Å². The summed E-state index contributed by atoms with van der Waals surface area (Å²) < 4.78 is 37.9. The Morgan fingerprint density at radius 3 is 2.55 bits per heavy atom. The number of ketones is 1. The van der Waals surface area contributed by atoms with Gasteiger partial charge in [0.05, 0.1) is 5.56 Å². The van der Waals surface area contributed by atoms with Crippen LogP contribution >= 0.6 is 0 Å². The van der Waals surface area contributed by atoms with E-state index in [-0.39, 0.29) is 5.78 Å². The third-order valence-corrected chi connectivity index (χ3v) is 3.94. The van der Waals surface area contributed by atoms with Crippen LogP contribution in [0.4, 0.5) is 13.2 Å². The summed E-state index contributed by atoms with van der Waals surface area (Å²) in [5.74, 6) is -0.0732. The molecule has 1 fully saturated rings. The molecule has 0 spiro atoms. The van der Waals surface area contributed by atoms with E-state index in [4.69, 9.17) is 0 Å². The first-order chi connectivity index (χ1) is 9.24. The molecule has 1 aromatic rings. The Labute approximate surface area is 116 Å². The average molecular weight is 285 g/mol. The molecule has 1 atom stereocenters. The molecule has 20 heavy (non-hydrogen) atoms. The van der Waals surface area contributed by atoms with E-state index in [1.54, 1.807) is 6.92 Å². The minimum Gasteiger partial charge on any atom is -0.316 e. The van der Waals surface area contributed by atoms with E-state index in [1.165, 1.54) is 6.07 Å². The van der Waals surface area contributed by atoms with Crippen LogP contribution < -0.4 is 5.32 Å². The summed E-state index contributed by atoms with van der Waals surface area (Å²) in [6.07, 6.45) is -2.70. The number of hydrogen-bond donors (Lipinski definition) is 1. The van der Waals surface area contributed by atoms with Crippen molar-refractivity contribution in [1.82, 2.24) is 5.32 Å². The van der Waals surface area contributed by atoms with Gasteiger partial charge < -0.3 is 5.32 Å². The molecule has 1 aromatic carbocycles. The van der Waals surface area contributed by atoms with E-state index in [0.29, 0.717) is 17.7 Å². The Bertz CT molecular complexity index is 516. The zero-order valence-corrected chi connectivity index (χ0v) is 11.6. The van der Waals surface area contributed by atoms with Crippen LogP contribution in [0.25, 0.3) is 0 Å². The van der Waals surface area contributed by atoms with Crippen LogP contribution in [0.2, 0.25) is 0 Å². The molecule has 1 aliphatic heterocycles. The van der Waals surface area contributed by atoms with Crippen molar-refractivity contribution in [2.24, 2.45) is 5.41 Å². The Morgan fingerprint density at radius 1 is 1.35 bits per heavy atom. The van der Waals surface area contributed by atoms with Crippen LogP contribution in [0.1, 0.15) is 41.3 Å². The SMILES string of the molecule is Cc1cc(C(F)(F)F)ccc1C(=O)C1(C)CCCNC1. The average Bonchev–Trinajstić information content (AvgIpc) is 2.37. The molecule has 2 rings (SSSR count). The van der Waals surface area contributed by atoms with Gasteiger partial charge in [0.1, 0.15) is 0 Å². The minimum atomic E-state index is -4.37. The van der Waals surface area contributed by atoms with E-state index in [0.717, 1.165) is 31.5 Å². The minimum absolute atomic E-state index is 0.0732. The highest BCUT2D eigenvalue weighted by molar-refractivity contribution is 6.01. The highest BCUT2D eigenvalue weighted by atomic mass is 19.4. The molecule has 0 aromatic heterocycles. The third-order valence-electron chi connectivity index (χ3n) is 3.94. The molecule has 110 valence electrons. The lowest BCUT2D eigenvalue weighted by molar-refractivity contribution is -0.137. The largest absolute Gasteiger partial charge is 0.416 e. The molecule has 0 amide bonds. The zero-order chi connectivity index (χ0) is 15.0. The molecule has 5 heteroatoms. The van der Waals surface area contributed by atoms with Crippen LogP contribution in [0.15, 0.2) is 18.2 Å². The molecule has 0 radical (unpaired) electrons. The van der Waals surface area contributed by atoms with Crippen molar-refractivity contribution in [2.75, 3.05) is 13.1 Å². The van der Waals surface area contributed by atoms with Crippen molar-refractivity contribution >= 4 is 5.78 Å². The molecular formula is C15H18F3NO. The number of rotatable bonds is 2. The summed E-state index contributed by atoms with van der Waals surface area (Å²) in [5, 5.41) is 3.18. The van der Waals surface area contributed by atoms with Gasteiger partial charge in [-0.15, -0.1) is 0 Å². The first-order valence-corrected chi connectivity index (χ1v) is 6.67. The topological polar surface area (TPSA) is 29.1 Å². The van der Waals surface area contributed by atoms with Gasteiger partial charge in [-0.1, -0.05) is 13.0 Å². The lowest BCUT2D eigenvalue weighted by Gasteiger charge is -2.33. The normalized spacial score (nSPS) is 23.6. The summed E-state index contributed by atoms with van der Waals surface area (Å²) >= 11 is 0. The Morgan fingerprint density at radius 2 is 2.05 bits per heavy atom. The number of hydrogen-bond acceptors (Lipinski definition) is 2. The number of benzene rings is 1. The van der Waals surface area contributed by atoms with Gasteiger partial charge in [-0.3, -0.25) is 4.79 Å². The number of carbonyl (C=O) groups excluding carboxylic acids is 1. The molecule has 1 heterocycles. The smallest absolute Gasteiger partial charge is 0.316 e. The second-order valence-electron chi connectivity index (χ2n) is 5.70. The van der Waals surface area contributed by atoms with Crippen molar-refractivity contribution in [3.8, 4) is 0 Å². The van der Waals surface area contributed by atoms with E-state index in [1.807, 2.05) is 6.92 Å². The molecule has 1 saturated heterocycles. The molecule has 2 nitrogen and oxygen atoms in total. The summed E-state index contributed by atoms with van der Waals surface area (Å²) in [7, 11) is 0. The second kappa shape index (κ2) is 5.20. The van der Waals surface area contributed by atoms with Crippen molar-refractivity contribution in [2.45, 2.75) is 32.9 Å². The number of nitrogens with one attached hydrogen (secondary N) is 1. The van der Waals surface area contributed by atoms with E-state index >= 15 is 0 Å². The van der Waals surface area contributed by atoms with Gasteiger partial charge in [-0.2, -0.15) is 13.2 Å². The van der Waals surface area contributed by atoms with Gasteiger partial charge in [0.25, 0.3) is 0 Å². The second-order valence-corrected chi connectivity index (χ2v) is 5.70. The van der Waals surface area contributed by atoms with Crippen LogP contribution in [0.3, 0.4) is 0 Å². The fraction of sp³-hybridized carbons (Fsp3) is 0.533. The monoisotopic (exact) mass is 285 g/mol. The van der Waals surface area contributed by atoms with Gasteiger partial charge in [-0.05, 0) is 44.0 Å². The number of piperidine rings is 1. The highest BCUT2D eigenvalue weighted by Crippen LogP contribution is 2.34. The lowest BCUT2D eigenvalue weighted by atomic mass is 9.75. The Hall–Kier alpha value is -1.36. The fourth-order valence-corrected chi connectivity index (χ4v) is 2.67. The van der Waals surface area contributed by atoms with E-state index in [2.05, 4.69) is 5.32 Å². The maximum absolute atomic E-state index is 12.6. The zero-order valence-electron chi connectivity index (χ0n) is 11.6. The molecule has 1 N–H and O–H groups in total. The number of halogens is 3. The van der Waals surface area contributed by atoms with Crippen molar-refractivity contribution < 1.29 is 18.0 Å². The summed E-state index contributed by atoms with van der Waals surface area (Å²) in [4.78, 5) is 12.6. The highest BCUT2D eigenvalue weighted by Gasteiger charge is 2.37. The van der Waals surface area contributed by atoms with Crippen molar-refractivity contribution in [3.63, 3.8) is 0 Å². The van der Waals surface area contributed by atoms with Crippen LogP contribution in [0.5, 0.6) is 0 Å². The third kappa shape index (κ3) is 2.87. The van der Waals surface area contributed by atoms with Crippen molar-refractivity contribution in [1.29, 1.82) is 0 Å². The predicted octanol–water partition coefficient (Wildman–Crippen LogP) is 3.59. The Balaban J connectivity index is 2.31.